The maximum absolute atomic E-state index is 11.9. The van der Waals surface area contributed by atoms with E-state index in [1.807, 2.05) is 4.90 Å². The summed E-state index contributed by atoms with van der Waals surface area (Å²) in [5, 5.41) is 11.1. The molecule has 0 aromatic carbocycles. The van der Waals surface area contributed by atoms with Crippen LogP contribution in [0.3, 0.4) is 0 Å². The Bertz CT molecular complexity index is 584. The summed E-state index contributed by atoms with van der Waals surface area (Å²) < 4.78 is 0. The molecule has 7 heteroatoms. The predicted octanol–water partition coefficient (Wildman–Crippen LogP) is 2.22. The van der Waals surface area contributed by atoms with Crippen LogP contribution < -0.4 is 4.90 Å². The molecular weight excluding hydrogens is 296 g/mol. The van der Waals surface area contributed by atoms with E-state index in [-0.39, 0.29) is 16.5 Å². The third-order valence-electron chi connectivity index (χ3n) is 4.83. The molecule has 2 fully saturated rings. The number of amides is 1. The second-order valence-corrected chi connectivity index (χ2v) is 6.35. The van der Waals surface area contributed by atoms with Gasteiger partial charge in [-0.2, -0.15) is 0 Å². The Morgan fingerprint density at radius 2 is 2.04 bits per heavy atom. The van der Waals surface area contributed by atoms with E-state index in [0.717, 1.165) is 51.9 Å². The lowest BCUT2D eigenvalue weighted by molar-refractivity contribution is -0.384. The average molecular weight is 318 g/mol. The van der Waals surface area contributed by atoms with Crippen molar-refractivity contribution in [3.05, 3.63) is 28.6 Å². The number of carbonyl (C=O) groups is 1. The van der Waals surface area contributed by atoms with E-state index in [1.165, 1.54) is 6.20 Å². The molecule has 2 aliphatic heterocycles. The Balaban J connectivity index is 1.58. The number of carbonyl (C=O) groups excluding carboxylic acids is 1. The van der Waals surface area contributed by atoms with Crippen LogP contribution in [0.5, 0.6) is 0 Å². The fourth-order valence-corrected chi connectivity index (χ4v) is 3.51. The fourth-order valence-electron chi connectivity index (χ4n) is 3.51. The van der Waals surface area contributed by atoms with E-state index in [2.05, 4.69) is 9.88 Å². The van der Waals surface area contributed by atoms with Gasteiger partial charge >= 0.3 is 5.69 Å². The van der Waals surface area contributed by atoms with Crippen LogP contribution in [0, 0.1) is 16.0 Å². The van der Waals surface area contributed by atoms with Gasteiger partial charge in [-0.3, -0.25) is 19.9 Å². The first kappa shape index (κ1) is 15.7. The van der Waals surface area contributed by atoms with Gasteiger partial charge in [-0.05, 0) is 37.7 Å². The van der Waals surface area contributed by atoms with Crippen LogP contribution in [-0.4, -0.2) is 46.9 Å². The van der Waals surface area contributed by atoms with Gasteiger partial charge in [0.15, 0.2) is 0 Å². The van der Waals surface area contributed by atoms with Gasteiger partial charge in [-0.25, -0.2) is 0 Å². The van der Waals surface area contributed by atoms with Gasteiger partial charge in [0.05, 0.1) is 4.92 Å². The van der Waals surface area contributed by atoms with Crippen molar-refractivity contribution in [2.24, 2.45) is 5.92 Å². The summed E-state index contributed by atoms with van der Waals surface area (Å²) in [5.41, 5.74) is 0.717. The molecule has 0 N–H and O–H groups in total. The molecule has 1 amide bonds. The molecular formula is C16H22N4O3. The van der Waals surface area contributed by atoms with Crippen LogP contribution in [0.4, 0.5) is 11.4 Å². The molecule has 1 aromatic rings. The number of pyridine rings is 1. The Labute approximate surface area is 135 Å². The largest absolute Gasteiger partial charge is 0.366 e. The Morgan fingerprint density at radius 3 is 2.74 bits per heavy atom. The van der Waals surface area contributed by atoms with E-state index < -0.39 is 0 Å². The lowest BCUT2D eigenvalue weighted by Gasteiger charge is -2.36. The fraction of sp³-hybridized carbons (Fsp3) is 0.625. The topological polar surface area (TPSA) is 79.6 Å². The summed E-state index contributed by atoms with van der Waals surface area (Å²) in [6.45, 7) is 3.30. The second kappa shape index (κ2) is 6.93. The van der Waals surface area contributed by atoms with Gasteiger partial charge in [0.1, 0.15) is 11.9 Å². The van der Waals surface area contributed by atoms with Crippen LogP contribution in [0.1, 0.15) is 32.1 Å². The Hall–Kier alpha value is -2.18. The lowest BCUT2D eigenvalue weighted by Crippen LogP contribution is -2.42. The van der Waals surface area contributed by atoms with E-state index in [9.17, 15) is 14.9 Å². The van der Waals surface area contributed by atoms with Crippen LogP contribution in [0.2, 0.25) is 0 Å². The number of nitrogens with zero attached hydrogens (tertiary/aromatic N) is 4. The molecule has 2 aliphatic rings. The molecule has 0 radical (unpaired) electrons. The third kappa shape index (κ3) is 3.60. The van der Waals surface area contributed by atoms with Crippen LogP contribution in [0.15, 0.2) is 18.5 Å². The highest BCUT2D eigenvalue weighted by atomic mass is 16.6. The molecule has 0 atom stereocenters. The maximum Gasteiger partial charge on any atom is 0.310 e. The zero-order chi connectivity index (χ0) is 16.2. The first-order valence-electron chi connectivity index (χ1n) is 8.26. The molecule has 0 spiro atoms. The number of hydrogen-bond donors (Lipinski definition) is 0. The zero-order valence-electron chi connectivity index (χ0n) is 13.2. The minimum atomic E-state index is -0.374. The van der Waals surface area contributed by atoms with Crippen molar-refractivity contribution >= 4 is 17.3 Å². The predicted molar refractivity (Wildman–Crippen MR) is 86.3 cm³/mol. The normalized spacial score (nSPS) is 19.9. The van der Waals surface area contributed by atoms with E-state index >= 15 is 0 Å². The standard InChI is InChI=1S/C16H22N4O3/c21-16-3-1-2-8-19(16)12-13-5-9-18(10-6-13)14-4-7-17-11-15(14)20(22)23/h4,7,11,13H,1-3,5-6,8-10,12H2. The molecule has 23 heavy (non-hydrogen) atoms. The molecule has 3 rings (SSSR count). The Morgan fingerprint density at radius 1 is 1.26 bits per heavy atom. The van der Waals surface area contributed by atoms with Crippen molar-refractivity contribution in [1.29, 1.82) is 0 Å². The van der Waals surface area contributed by atoms with Gasteiger partial charge in [0.2, 0.25) is 5.91 Å². The molecule has 0 saturated carbocycles. The van der Waals surface area contributed by atoms with Crippen molar-refractivity contribution in [2.45, 2.75) is 32.1 Å². The van der Waals surface area contributed by atoms with Gasteiger partial charge in [-0.1, -0.05) is 0 Å². The van der Waals surface area contributed by atoms with Crippen LogP contribution >= 0.6 is 0 Å². The molecule has 0 aliphatic carbocycles. The molecule has 0 unspecified atom stereocenters. The van der Waals surface area contributed by atoms with Crippen LogP contribution in [-0.2, 0) is 4.79 Å². The van der Waals surface area contributed by atoms with Crippen molar-refractivity contribution < 1.29 is 9.72 Å². The highest BCUT2D eigenvalue weighted by molar-refractivity contribution is 5.76. The number of nitro groups is 1. The molecule has 0 bridgehead atoms. The Kier molecular flexibility index (Phi) is 4.73. The number of rotatable bonds is 4. The molecule has 1 aromatic heterocycles. The summed E-state index contributed by atoms with van der Waals surface area (Å²) >= 11 is 0. The van der Waals surface area contributed by atoms with Gasteiger partial charge in [0.25, 0.3) is 0 Å². The van der Waals surface area contributed by atoms with Crippen molar-refractivity contribution in [3.63, 3.8) is 0 Å². The van der Waals surface area contributed by atoms with E-state index in [4.69, 9.17) is 0 Å². The quantitative estimate of drug-likeness (QED) is 0.628. The van der Waals surface area contributed by atoms with E-state index in [1.54, 1.807) is 12.3 Å². The molecule has 124 valence electrons. The summed E-state index contributed by atoms with van der Waals surface area (Å²) in [6.07, 6.45) is 7.64. The zero-order valence-corrected chi connectivity index (χ0v) is 13.2. The van der Waals surface area contributed by atoms with Crippen molar-refractivity contribution in [3.8, 4) is 0 Å². The minimum Gasteiger partial charge on any atom is -0.366 e. The summed E-state index contributed by atoms with van der Waals surface area (Å²) in [6, 6.07) is 1.71. The second-order valence-electron chi connectivity index (χ2n) is 6.35. The SMILES string of the molecule is O=C1CCCCN1CC1CCN(c2ccncc2[N+](=O)[O-])CC1. The monoisotopic (exact) mass is 318 g/mol. The summed E-state index contributed by atoms with van der Waals surface area (Å²) in [7, 11) is 0. The van der Waals surface area contributed by atoms with Gasteiger partial charge < -0.3 is 9.80 Å². The van der Waals surface area contributed by atoms with Crippen molar-refractivity contribution in [1.82, 2.24) is 9.88 Å². The number of hydrogen-bond acceptors (Lipinski definition) is 5. The number of likely N-dealkylation sites (tertiary alicyclic amines) is 1. The third-order valence-corrected chi connectivity index (χ3v) is 4.83. The minimum absolute atomic E-state index is 0.0668. The van der Waals surface area contributed by atoms with Gasteiger partial charge in [0, 0.05) is 38.8 Å². The molecule has 2 saturated heterocycles. The lowest BCUT2D eigenvalue weighted by atomic mass is 9.94. The first-order chi connectivity index (χ1) is 11.1. The maximum atomic E-state index is 11.9. The number of aromatic nitrogens is 1. The van der Waals surface area contributed by atoms with E-state index in [0.29, 0.717) is 18.0 Å². The smallest absolute Gasteiger partial charge is 0.310 e. The average Bonchev–Trinajstić information content (AvgIpc) is 2.58. The van der Waals surface area contributed by atoms with Gasteiger partial charge in [-0.15, -0.1) is 0 Å². The number of piperidine rings is 2. The summed E-state index contributed by atoms with van der Waals surface area (Å²) in [5.74, 6) is 0.776. The van der Waals surface area contributed by atoms with Crippen molar-refractivity contribution in [2.75, 3.05) is 31.1 Å². The van der Waals surface area contributed by atoms with Crippen LogP contribution in [0.25, 0.3) is 0 Å². The number of anilines is 1. The molecule has 7 nitrogen and oxygen atoms in total. The summed E-state index contributed by atoms with van der Waals surface area (Å²) in [4.78, 5) is 30.6. The first-order valence-corrected chi connectivity index (χ1v) is 8.26. The molecule has 3 heterocycles. The highest BCUT2D eigenvalue weighted by Gasteiger charge is 2.27. The highest BCUT2D eigenvalue weighted by Crippen LogP contribution is 2.30.